The molecule has 0 aliphatic carbocycles. The van der Waals surface area contributed by atoms with Crippen LogP contribution in [0.5, 0.6) is 0 Å². The van der Waals surface area contributed by atoms with Crippen LogP contribution in [-0.4, -0.2) is 18.1 Å². The fraction of sp³-hybridized carbons (Fsp3) is 0.111. The topological polar surface area (TPSA) is 39.2 Å². The molecule has 0 atom stereocenters. The minimum Gasteiger partial charge on any atom is -0.466 e. The highest BCUT2D eigenvalue weighted by Crippen LogP contribution is 2.19. The summed E-state index contributed by atoms with van der Waals surface area (Å²) in [6.07, 6.45) is 4.42. The molecule has 0 fully saturated rings. The molecule has 0 amide bonds. The lowest BCUT2D eigenvalue weighted by molar-refractivity contribution is -0.134. The minimum absolute atomic E-state index is 0.341. The second-order valence-corrected chi connectivity index (χ2v) is 3.66. The van der Waals surface area contributed by atoms with Crippen molar-refractivity contribution in [1.82, 2.24) is 4.98 Å². The first-order valence-corrected chi connectivity index (χ1v) is 4.87. The number of rotatable bonds is 2. The fourth-order valence-corrected chi connectivity index (χ4v) is 1.30. The van der Waals surface area contributed by atoms with E-state index in [9.17, 15) is 4.79 Å². The molecule has 1 rings (SSSR count). The van der Waals surface area contributed by atoms with Crippen LogP contribution in [0.15, 0.2) is 22.8 Å². The fourth-order valence-electron chi connectivity index (χ4n) is 0.781. The number of methoxy groups -OCH3 is 1. The molecule has 74 valence electrons. The van der Waals surface area contributed by atoms with Crippen molar-refractivity contribution >= 4 is 39.6 Å². The monoisotopic (exact) mass is 275 g/mol. The first-order valence-electron chi connectivity index (χ1n) is 3.70. The first kappa shape index (κ1) is 11.2. The standard InChI is InChI=1S/C9H7BrClNO2/c1-14-8(13)3-2-6-4-7(10)5-12-9(6)11/h2-5H,1H3/b3-2-. The third kappa shape index (κ3) is 3.12. The molecule has 1 aromatic heterocycles. The van der Waals surface area contributed by atoms with Crippen LogP contribution >= 0.6 is 27.5 Å². The average Bonchev–Trinajstić information content (AvgIpc) is 2.19. The van der Waals surface area contributed by atoms with Crippen molar-refractivity contribution in [3.63, 3.8) is 0 Å². The molecule has 5 heteroatoms. The lowest BCUT2D eigenvalue weighted by atomic mass is 10.2. The number of aromatic nitrogens is 1. The van der Waals surface area contributed by atoms with Gasteiger partial charge in [0, 0.05) is 22.3 Å². The summed E-state index contributed by atoms with van der Waals surface area (Å²) in [4.78, 5) is 14.7. The summed E-state index contributed by atoms with van der Waals surface area (Å²) in [7, 11) is 1.31. The zero-order valence-corrected chi connectivity index (χ0v) is 9.67. The largest absolute Gasteiger partial charge is 0.466 e. The van der Waals surface area contributed by atoms with Crippen LogP contribution in [0, 0.1) is 0 Å². The number of ether oxygens (including phenoxy) is 1. The van der Waals surface area contributed by atoms with Gasteiger partial charge < -0.3 is 4.74 Å². The Balaban J connectivity index is 2.90. The summed E-state index contributed by atoms with van der Waals surface area (Å²) in [6, 6.07) is 1.76. The molecule has 1 aromatic rings. The van der Waals surface area contributed by atoms with Crippen LogP contribution in [0.1, 0.15) is 5.56 Å². The normalized spacial score (nSPS) is 10.5. The van der Waals surface area contributed by atoms with Crippen molar-refractivity contribution in [2.75, 3.05) is 7.11 Å². The molecule has 0 saturated carbocycles. The SMILES string of the molecule is COC(=O)/C=C\c1cc(Br)cnc1Cl. The smallest absolute Gasteiger partial charge is 0.330 e. The van der Waals surface area contributed by atoms with Gasteiger partial charge in [-0.05, 0) is 28.1 Å². The van der Waals surface area contributed by atoms with Gasteiger partial charge in [0.05, 0.1) is 7.11 Å². The molecular weight excluding hydrogens is 269 g/mol. The van der Waals surface area contributed by atoms with E-state index >= 15 is 0 Å². The predicted molar refractivity (Wildman–Crippen MR) is 58.0 cm³/mol. The number of carbonyl (C=O) groups is 1. The van der Waals surface area contributed by atoms with Crippen molar-refractivity contribution in [3.05, 3.63) is 33.5 Å². The summed E-state index contributed by atoms with van der Waals surface area (Å²) in [5.74, 6) is -0.430. The van der Waals surface area contributed by atoms with E-state index in [1.54, 1.807) is 18.3 Å². The van der Waals surface area contributed by atoms with E-state index in [2.05, 4.69) is 25.7 Å². The van der Waals surface area contributed by atoms with Crippen LogP contribution in [0.4, 0.5) is 0 Å². The maximum atomic E-state index is 10.8. The molecule has 0 unspecified atom stereocenters. The van der Waals surface area contributed by atoms with Crippen LogP contribution in [0.2, 0.25) is 5.15 Å². The van der Waals surface area contributed by atoms with Crippen molar-refractivity contribution in [2.45, 2.75) is 0 Å². The Kier molecular flexibility index (Phi) is 4.10. The van der Waals surface area contributed by atoms with Crippen molar-refractivity contribution < 1.29 is 9.53 Å². The molecule has 0 radical (unpaired) electrons. The molecule has 0 saturated heterocycles. The maximum absolute atomic E-state index is 10.8. The van der Waals surface area contributed by atoms with Gasteiger partial charge in [-0.25, -0.2) is 9.78 Å². The van der Waals surface area contributed by atoms with Crippen LogP contribution in [-0.2, 0) is 9.53 Å². The summed E-state index contributed by atoms with van der Waals surface area (Å²) in [5.41, 5.74) is 0.659. The number of esters is 1. The molecule has 0 aromatic carbocycles. The second kappa shape index (κ2) is 5.12. The maximum Gasteiger partial charge on any atom is 0.330 e. The molecule has 0 bridgehead atoms. The molecule has 1 heterocycles. The van der Waals surface area contributed by atoms with E-state index < -0.39 is 5.97 Å². The third-order valence-corrected chi connectivity index (χ3v) is 2.18. The van der Waals surface area contributed by atoms with Gasteiger partial charge >= 0.3 is 5.97 Å². The van der Waals surface area contributed by atoms with Gasteiger partial charge in [-0.15, -0.1) is 0 Å². The van der Waals surface area contributed by atoms with Gasteiger partial charge in [0.25, 0.3) is 0 Å². The molecule has 0 N–H and O–H groups in total. The molecule has 0 aliphatic heterocycles. The number of hydrogen-bond donors (Lipinski definition) is 0. The summed E-state index contributed by atoms with van der Waals surface area (Å²) < 4.78 is 5.24. The number of nitrogens with zero attached hydrogens (tertiary/aromatic N) is 1. The predicted octanol–water partition coefficient (Wildman–Crippen LogP) is 2.68. The first-order chi connectivity index (χ1) is 6.63. The number of halogens is 2. The highest BCUT2D eigenvalue weighted by Gasteiger charge is 1.99. The Morgan fingerprint density at radius 1 is 1.71 bits per heavy atom. The lowest BCUT2D eigenvalue weighted by Crippen LogP contribution is -1.93. The molecule has 0 spiro atoms. The number of pyridine rings is 1. The quantitative estimate of drug-likeness (QED) is 0.474. The highest BCUT2D eigenvalue weighted by atomic mass is 79.9. The minimum atomic E-state index is -0.430. The van der Waals surface area contributed by atoms with E-state index in [-0.39, 0.29) is 0 Å². The number of hydrogen-bond acceptors (Lipinski definition) is 3. The summed E-state index contributed by atoms with van der Waals surface area (Å²) in [6.45, 7) is 0. The third-order valence-electron chi connectivity index (χ3n) is 1.43. The Labute approximate surface area is 94.9 Å². The van der Waals surface area contributed by atoms with Crippen molar-refractivity contribution in [2.24, 2.45) is 0 Å². The van der Waals surface area contributed by atoms with Gasteiger partial charge in [0.15, 0.2) is 0 Å². The second-order valence-electron chi connectivity index (χ2n) is 2.39. The van der Waals surface area contributed by atoms with Gasteiger partial charge in [-0.3, -0.25) is 0 Å². The zero-order valence-electron chi connectivity index (χ0n) is 7.33. The van der Waals surface area contributed by atoms with E-state index in [4.69, 9.17) is 11.6 Å². The zero-order chi connectivity index (χ0) is 10.6. The van der Waals surface area contributed by atoms with E-state index in [0.717, 1.165) is 4.47 Å². The van der Waals surface area contributed by atoms with E-state index in [1.165, 1.54) is 13.2 Å². The van der Waals surface area contributed by atoms with Crippen molar-refractivity contribution in [3.8, 4) is 0 Å². The van der Waals surface area contributed by atoms with Gasteiger partial charge in [-0.2, -0.15) is 0 Å². The van der Waals surface area contributed by atoms with Gasteiger partial charge in [0.1, 0.15) is 5.15 Å². The Bertz CT molecular complexity index is 379. The summed E-state index contributed by atoms with van der Waals surface area (Å²) >= 11 is 9.04. The van der Waals surface area contributed by atoms with E-state index in [0.29, 0.717) is 10.7 Å². The van der Waals surface area contributed by atoms with E-state index in [1.807, 2.05) is 0 Å². The number of carbonyl (C=O) groups excluding carboxylic acids is 1. The molecular formula is C9H7BrClNO2. The van der Waals surface area contributed by atoms with Crippen LogP contribution in [0.3, 0.4) is 0 Å². The Morgan fingerprint density at radius 2 is 2.43 bits per heavy atom. The summed E-state index contributed by atoms with van der Waals surface area (Å²) in [5, 5.41) is 0.341. The van der Waals surface area contributed by atoms with Gasteiger partial charge in [-0.1, -0.05) is 11.6 Å². The Hall–Kier alpha value is -0.870. The van der Waals surface area contributed by atoms with Gasteiger partial charge in [0.2, 0.25) is 0 Å². The molecule has 0 aliphatic rings. The average molecular weight is 277 g/mol. The van der Waals surface area contributed by atoms with Crippen LogP contribution in [0.25, 0.3) is 6.08 Å². The lowest BCUT2D eigenvalue weighted by Gasteiger charge is -1.97. The van der Waals surface area contributed by atoms with Crippen LogP contribution < -0.4 is 0 Å². The Morgan fingerprint density at radius 3 is 3.07 bits per heavy atom. The van der Waals surface area contributed by atoms with Crippen molar-refractivity contribution in [1.29, 1.82) is 0 Å². The molecule has 14 heavy (non-hydrogen) atoms. The highest BCUT2D eigenvalue weighted by molar-refractivity contribution is 9.10. The molecule has 3 nitrogen and oxygen atoms in total.